The van der Waals surface area contributed by atoms with Crippen LogP contribution in [0.2, 0.25) is 0 Å². The quantitative estimate of drug-likeness (QED) is 0.672. The Balaban J connectivity index is 2.86. The van der Waals surface area contributed by atoms with Crippen molar-refractivity contribution in [3.05, 3.63) is 11.4 Å². The number of aromatic nitrogens is 2. The van der Waals surface area contributed by atoms with Crippen LogP contribution in [0.15, 0.2) is 4.90 Å². The molecule has 2 N–H and O–H groups in total. The molecule has 0 atom stereocenters. The molecule has 0 aliphatic carbocycles. The van der Waals surface area contributed by atoms with Gasteiger partial charge >= 0.3 is 0 Å². The van der Waals surface area contributed by atoms with Crippen LogP contribution in [0.4, 0.5) is 0 Å². The zero-order chi connectivity index (χ0) is 15.2. The average Bonchev–Trinajstić information content (AvgIpc) is 2.67. The Morgan fingerprint density at radius 3 is 2.50 bits per heavy atom. The lowest BCUT2D eigenvalue weighted by Crippen LogP contribution is -2.26. The van der Waals surface area contributed by atoms with Crippen LogP contribution in [0.25, 0.3) is 0 Å². The van der Waals surface area contributed by atoms with Gasteiger partial charge in [0.1, 0.15) is 4.90 Å². The van der Waals surface area contributed by atoms with Gasteiger partial charge in [-0.15, -0.1) is 0 Å². The van der Waals surface area contributed by atoms with E-state index in [1.165, 1.54) is 0 Å². The number of nitrogens with one attached hydrogen (secondary N) is 2. The Hall–Kier alpha value is -0.920. The minimum absolute atomic E-state index is 0.324. The van der Waals surface area contributed by atoms with Gasteiger partial charge in [-0.3, -0.25) is 4.68 Å². The van der Waals surface area contributed by atoms with Crippen molar-refractivity contribution in [2.75, 3.05) is 20.1 Å². The average molecular weight is 302 g/mol. The third-order valence-electron chi connectivity index (χ3n) is 3.23. The molecule has 0 spiro atoms. The van der Waals surface area contributed by atoms with E-state index in [0.29, 0.717) is 29.4 Å². The smallest absolute Gasteiger partial charge is 0.244 e. The highest BCUT2D eigenvalue weighted by molar-refractivity contribution is 7.89. The van der Waals surface area contributed by atoms with Gasteiger partial charge in [-0.2, -0.15) is 5.10 Å². The van der Waals surface area contributed by atoms with E-state index in [4.69, 9.17) is 0 Å². The van der Waals surface area contributed by atoms with Gasteiger partial charge in [0.15, 0.2) is 0 Å². The topological polar surface area (TPSA) is 76.0 Å². The van der Waals surface area contributed by atoms with Crippen LogP contribution in [-0.2, 0) is 16.6 Å². The van der Waals surface area contributed by atoms with Crippen molar-refractivity contribution in [1.82, 2.24) is 19.8 Å². The summed E-state index contributed by atoms with van der Waals surface area (Å²) in [5, 5.41) is 7.35. The Labute approximate surface area is 122 Å². The van der Waals surface area contributed by atoms with Crippen molar-refractivity contribution in [3.8, 4) is 0 Å². The van der Waals surface area contributed by atoms with Gasteiger partial charge in [-0.25, -0.2) is 13.1 Å². The summed E-state index contributed by atoms with van der Waals surface area (Å²) in [6.07, 6.45) is 2.96. The van der Waals surface area contributed by atoms with Gasteiger partial charge < -0.3 is 5.32 Å². The molecule has 1 aromatic heterocycles. The number of rotatable bonds is 9. The number of hydrogen-bond acceptors (Lipinski definition) is 4. The van der Waals surface area contributed by atoms with Crippen molar-refractivity contribution in [1.29, 1.82) is 0 Å². The van der Waals surface area contributed by atoms with Crippen molar-refractivity contribution in [3.63, 3.8) is 0 Å². The van der Waals surface area contributed by atoms with Crippen LogP contribution < -0.4 is 10.0 Å². The first kappa shape index (κ1) is 17.1. The Bertz CT molecular complexity index is 523. The van der Waals surface area contributed by atoms with Gasteiger partial charge in [0.25, 0.3) is 0 Å². The SMILES string of the molecule is CCCCCNS(=O)(=O)c1c(C)nn(CCNC)c1C. The molecule has 0 radical (unpaired) electrons. The molecular formula is C13H26N4O2S. The number of unbranched alkanes of at least 4 members (excludes halogenated alkanes) is 2. The zero-order valence-electron chi connectivity index (χ0n) is 12.9. The van der Waals surface area contributed by atoms with E-state index in [-0.39, 0.29) is 0 Å². The summed E-state index contributed by atoms with van der Waals surface area (Å²) in [7, 11) is -1.60. The fraction of sp³-hybridized carbons (Fsp3) is 0.769. The number of nitrogens with zero attached hydrogens (tertiary/aromatic N) is 2. The van der Waals surface area contributed by atoms with E-state index in [9.17, 15) is 8.42 Å². The lowest BCUT2D eigenvalue weighted by Gasteiger charge is -2.07. The monoisotopic (exact) mass is 302 g/mol. The van der Waals surface area contributed by atoms with Crippen LogP contribution in [-0.4, -0.2) is 38.3 Å². The Morgan fingerprint density at radius 1 is 1.20 bits per heavy atom. The fourth-order valence-electron chi connectivity index (χ4n) is 2.16. The molecule has 0 bridgehead atoms. The van der Waals surface area contributed by atoms with E-state index in [0.717, 1.165) is 25.8 Å². The molecular weight excluding hydrogens is 276 g/mol. The summed E-state index contributed by atoms with van der Waals surface area (Å²) in [6, 6.07) is 0. The molecule has 6 nitrogen and oxygen atoms in total. The number of hydrogen-bond donors (Lipinski definition) is 2. The molecule has 7 heteroatoms. The summed E-state index contributed by atoms with van der Waals surface area (Å²) in [4.78, 5) is 0.324. The molecule has 0 saturated carbocycles. The summed E-state index contributed by atoms with van der Waals surface area (Å²) >= 11 is 0. The van der Waals surface area contributed by atoms with Crippen molar-refractivity contribution >= 4 is 10.0 Å². The van der Waals surface area contributed by atoms with Crippen molar-refractivity contribution < 1.29 is 8.42 Å². The van der Waals surface area contributed by atoms with E-state index < -0.39 is 10.0 Å². The highest BCUT2D eigenvalue weighted by atomic mass is 32.2. The molecule has 0 aliphatic rings. The highest BCUT2D eigenvalue weighted by Crippen LogP contribution is 2.19. The minimum atomic E-state index is -3.46. The third kappa shape index (κ3) is 4.29. The first-order valence-corrected chi connectivity index (χ1v) is 8.60. The van der Waals surface area contributed by atoms with Gasteiger partial charge in [0.05, 0.1) is 17.9 Å². The second-order valence-electron chi connectivity index (χ2n) is 4.93. The predicted molar refractivity (Wildman–Crippen MR) is 80.3 cm³/mol. The first-order chi connectivity index (χ1) is 9.44. The highest BCUT2D eigenvalue weighted by Gasteiger charge is 2.23. The van der Waals surface area contributed by atoms with Gasteiger partial charge in [0, 0.05) is 13.1 Å². The van der Waals surface area contributed by atoms with Crippen LogP contribution in [0.5, 0.6) is 0 Å². The maximum atomic E-state index is 12.3. The lowest BCUT2D eigenvalue weighted by atomic mass is 10.3. The fourth-order valence-corrected chi connectivity index (χ4v) is 3.64. The second kappa shape index (κ2) is 7.75. The third-order valence-corrected chi connectivity index (χ3v) is 4.94. The number of aryl methyl sites for hydroxylation is 1. The maximum Gasteiger partial charge on any atom is 0.244 e. The largest absolute Gasteiger partial charge is 0.318 e. The van der Waals surface area contributed by atoms with Crippen LogP contribution >= 0.6 is 0 Å². The molecule has 20 heavy (non-hydrogen) atoms. The van der Waals surface area contributed by atoms with Crippen LogP contribution in [0.1, 0.15) is 37.6 Å². The predicted octanol–water partition coefficient (Wildman–Crippen LogP) is 1.19. The molecule has 0 aromatic carbocycles. The van der Waals surface area contributed by atoms with E-state index in [1.54, 1.807) is 18.5 Å². The molecule has 1 heterocycles. The van der Waals surface area contributed by atoms with E-state index in [2.05, 4.69) is 22.1 Å². The molecule has 0 saturated heterocycles. The van der Waals surface area contributed by atoms with Crippen molar-refractivity contribution in [2.45, 2.75) is 51.5 Å². The summed E-state index contributed by atoms with van der Waals surface area (Å²) in [5.41, 5.74) is 1.25. The molecule has 1 rings (SSSR count). The summed E-state index contributed by atoms with van der Waals surface area (Å²) in [6.45, 7) is 7.53. The maximum absolute atomic E-state index is 12.3. The van der Waals surface area contributed by atoms with Gasteiger partial charge in [-0.05, 0) is 27.3 Å². The van der Waals surface area contributed by atoms with Crippen molar-refractivity contribution in [2.24, 2.45) is 0 Å². The second-order valence-corrected chi connectivity index (χ2v) is 6.64. The molecule has 116 valence electrons. The molecule has 1 aromatic rings. The number of sulfonamides is 1. The van der Waals surface area contributed by atoms with E-state index >= 15 is 0 Å². The minimum Gasteiger partial charge on any atom is -0.318 e. The normalized spacial score (nSPS) is 12.0. The standard InChI is InChI=1S/C13H26N4O2S/c1-5-6-7-8-15-20(18,19)13-11(2)16-17(12(13)3)10-9-14-4/h14-15H,5-10H2,1-4H3. The number of likely N-dealkylation sites (N-methyl/N-ethyl adjacent to an activating group) is 1. The van der Waals surface area contributed by atoms with Crippen LogP contribution in [0.3, 0.4) is 0 Å². The van der Waals surface area contributed by atoms with Crippen LogP contribution in [0, 0.1) is 13.8 Å². The zero-order valence-corrected chi connectivity index (χ0v) is 13.7. The lowest BCUT2D eigenvalue weighted by molar-refractivity contribution is 0.562. The van der Waals surface area contributed by atoms with Gasteiger partial charge in [0.2, 0.25) is 10.0 Å². The Kier molecular flexibility index (Phi) is 6.64. The Morgan fingerprint density at radius 2 is 1.90 bits per heavy atom. The molecule has 0 aliphatic heterocycles. The van der Waals surface area contributed by atoms with E-state index in [1.807, 2.05) is 7.05 Å². The first-order valence-electron chi connectivity index (χ1n) is 7.12. The molecule has 0 amide bonds. The van der Waals surface area contributed by atoms with Gasteiger partial charge in [-0.1, -0.05) is 19.8 Å². The molecule has 0 unspecified atom stereocenters. The summed E-state index contributed by atoms with van der Waals surface area (Å²) in [5.74, 6) is 0. The summed E-state index contributed by atoms with van der Waals surface area (Å²) < 4.78 is 29.1. The molecule has 0 fully saturated rings.